The number of benzene rings is 4. The Kier molecular flexibility index (Phi) is 11.6. The molecule has 5 heterocycles. The SMILES string of the molecule is COC[C@H]1C[C@@H](c2nc(-c3ccc4c(c3)COc3cc5c(ccc6[nH]c([C@@H]7CC[C@H](C)N7C(=O)C(NC(=O)OC)C(C)C)nc65)cc3-4)c(C3CC3)[nH]2)N(C(=O)C(NC(=O)O)c2ccccc2)C1. The number of carboxylic acid groups (broad SMARTS) is 1. The van der Waals surface area contributed by atoms with E-state index < -0.39 is 30.3 Å². The lowest BCUT2D eigenvalue weighted by Crippen LogP contribution is -2.52. The Labute approximate surface area is 387 Å². The van der Waals surface area contributed by atoms with E-state index >= 15 is 0 Å². The average Bonchev–Trinajstić information content (AvgIpc) is 3.61. The number of hydrogen-bond donors (Lipinski definition) is 5. The van der Waals surface area contributed by atoms with Crippen molar-refractivity contribution in [2.75, 3.05) is 27.4 Å². The van der Waals surface area contributed by atoms with Crippen LogP contribution in [-0.4, -0.2) is 98.3 Å². The Balaban J connectivity index is 0.947. The zero-order chi connectivity index (χ0) is 46.7. The van der Waals surface area contributed by atoms with Gasteiger partial charge in [0.1, 0.15) is 36.1 Å². The van der Waals surface area contributed by atoms with Gasteiger partial charge in [0.05, 0.1) is 42.5 Å². The predicted octanol–water partition coefficient (Wildman–Crippen LogP) is 8.52. The van der Waals surface area contributed by atoms with Crippen LogP contribution in [-0.2, 0) is 25.7 Å². The first-order valence-electron chi connectivity index (χ1n) is 23.2. The van der Waals surface area contributed by atoms with Crippen LogP contribution in [0.3, 0.4) is 0 Å². The molecule has 0 radical (unpaired) electrons. The number of H-pyrrole nitrogens is 2. The highest BCUT2D eigenvalue weighted by Crippen LogP contribution is 2.48. The normalized spacial score (nSPS) is 20.9. The molecule has 2 aromatic heterocycles. The van der Waals surface area contributed by atoms with Gasteiger partial charge in [-0.2, -0.15) is 0 Å². The highest BCUT2D eigenvalue weighted by atomic mass is 16.5. The van der Waals surface area contributed by atoms with Crippen molar-refractivity contribution in [1.29, 1.82) is 0 Å². The topological polar surface area (TPSA) is 204 Å². The first kappa shape index (κ1) is 43.9. The standard InChI is InChI=1S/C51H56N8O8/c1-26(2)41(57-51(64)66-5)49(61)59-27(3)11-18-38(59)46-52-37-17-15-31-21-36-34-16-14-32(20-33(34)25-67-40(36)22-35(31)45(37)55-46)43-42(30-12-13-30)53-47(54-43)39-19-28(24-65-4)23-58(39)48(60)44(56-50(62)63)29-9-7-6-8-10-29/h6-10,14-17,20-22,26-28,30,38-39,41,44,56H,11-13,18-19,23-25H2,1-5H3,(H,52,55)(H,53,54)(H,57,64)(H,62,63)/t27-,28-,38-,39-,41?,44?/m0/s1. The van der Waals surface area contributed by atoms with E-state index in [4.69, 9.17) is 24.2 Å². The van der Waals surface area contributed by atoms with Crippen LogP contribution in [0.15, 0.2) is 72.8 Å². The molecular formula is C51H56N8O8. The van der Waals surface area contributed by atoms with Crippen LogP contribution in [0.2, 0.25) is 0 Å². The summed E-state index contributed by atoms with van der Waals surface area (Å²) < 4.78 is 16.9. The van der Waals surface area contributed by atoms with Crippen LogP contribution in [0.5, 0.6) is 5.75 Å². The predicted molar refractivity (Wildman–Crippen MR) is 250 cm³/mol. The van der Waals surface area contributed by atoms with Gasteiger partial charge in [-0.05, 0) is 91.3 Å². The van der Waals surface area contributed by atoms with E-state index in [0.717, 1.165) is 86.9 Å². The van der Waals surface area contributed by atoms with E-state index in [2.05, 4.69) is 57.0 Å². The fourth-order valence-corrected chi connectivity index (χ4v) is 10.6. The van der Waals surface area contributed by atoms with Crippen LogP contribution < -0.4 is 15.4 Å². The molecular weight excluding hydrogens is 853 g/mol. The molecule has 0 spiro atoms. The van der Waals surface area contributed by atoms with Crippen molar-refractivity contribution in [1.82, 2.24) is 40.4 Å². The quantitative estimate of drug-likeness (QED) is 0.0792. The van der Waals surface area contributed by atoms with Crippen molar-refractivity contribution in [2.24, 2.45) is 11.8 Å². The van der Waals surface area contributed by atoms with E-state index in [1.54, 1.807) is 36.3 Å². The van der Waals surface area contributed by atoms with Crippen molar-refractivity contribution in [3.63, 3.8) is 0 Å². The maximum absolute atomic E-state index is 14.4. The Morgan fingerprint density at radius 1 is 0.881 bits per heavy atom. The molecule has 3 fully saturated rings. The fraction of sp³-hybridized carbons (Fsp3) is 0.412. The third kappa shape index (κ3) is 8.21. The molecule has 67 heavy (non-hydrogen) atoms. The number of ether oxygens (including phenoxy) is 3. The summed E-state index contributed by atoms with van der Waals surface area (Å²) >= 11 is 0. The number of hydrogen-bond acceptors (Lipinski definition) is 9. The second-order valence-electron chi connectivity index (χ2n) is 18.9. The number of fused-ring (bicyclic) bond motifs is 6. The van der Waals surface area contributed by atoms with Gasteiger partial charge in [-0.3, -0.25) is 9.59 Å². The summed E-state index contributed by atoms with van der Waals surface area (Å²) in [5.74, 6) is 1.87. The van der Waals surface area contributed by atoms with Crippen LogP contribution in [0.1, 0.15) is 105 Å². The van der Waals surface area contributed by atoms with E-state index in [1.165, 1.54) is 7.11 Å². The van der Waals surface area contributed by atoms with Crippen molar-refractivity contribution in [3.8, 4) is 28.1 Å². The molecule has 2 unspecified atom stereocenters. The number of aromatic nitrogens is 4. The minimum atomic E-state index is -1.27. The molecule has 1 saturated carbocycles. The Bertz CT molecular complexity index is 2890. The van der Waals surface area contributed by atoms with Crippen LogP contribution in [0.25, 0.3) is 44.2 Å². The number of nitrogens with one attached hydrogen (secondary N) is 4. The van der Waals surface area contributed by atoms with Gasteiger partial charge in [-0.25, -0.2) is 19.6 Å². The van der Waals surface area contributed by atoms with E-state index in [0.29, 0.717) is 49.3 Å². The van der Waals surface area contributed by atoms with Gasteiger partial charge in [-0.1, -0.05) is 62.4 Å². The minimum absolute atomic E-state index is 0.0374. The monoisotopic (exact) mass is 908 g/mol. The summed E-state index contributed by atoms with van der Waals surface area (Å²) in [6.07, 6.45) is 2.33. The van der Waals surface area contributed by atoms with Gasteiger partial charge in [0.2, 0.25) is 5.91 Å². The average molecular weight is 909 g/mol. The molecule has 6 aromatic rings. The number of alkyl carbamates (subject to hydrolysis) is 1. The number of imidazole rings is 2. The number of rotatable bonds is 12. The van der Waals surface area contributed by atoms with Gasteiger partial charge in [0.15, 0.2) is 0 Å². The molecule has 16 nitrogen and oxygen atoms in total. The molecule has 10 rings (SSSR count). The second kappa shape index (κ2) is 17.7. The van der Waals surface area contributed by atoms with Gasteiger partial charge in [0.25, 0.3) is 5.91 Å². The maximum atomic E-state index is 14.4. The Morgan fingerprint density at radius 2 is 1.67 bits per heavy atom. The molecule has 3 aliphatic heterocycles. The summed E-state index contributed by atoms with van der Waals surface area (Å²) in [6, 6.07) is 21.1. The summed E-state index contributed by atoms with van der Waals surface area (Å²) in [4.78, 5) is 73.8. The summed E-state index contributed by atoms with van der Waals surface area (Å²) in [7, 11) is 2.94. The lowest BCUT2D eigenvalue weighted by Gasteiger charge is -2.32. The van der Waals surface area contributed by atoms with E-state index in [1.807, 2.05) is 37.8 Å². The number of aromatic amines is 2. The largest absolute Gasteiger partial charge is 0.488 e. The third-order valence-corrected chi connectivity index (χ3v) is 14.0. The van der Waals surface area contributed by atoms with Crippen LogP contribution in [0, 0.1) is 11.8 Å². The summed E-state index contributed by atoms with van der Waals surface area (Å²) in [6.45, 7) is 7.07. The van der Waals surface area contributed by atoms with Gasteiger partial charge < -0.3 is 49.7 Å². The molecule has 6 atom stereocenters. The molecule has 0 bridgehead atoms. The smallest absolute Gasteiger partial charge is 0.407 e. The molecule has 1 aliphatic carbocycles. The number of likely N-dealkylation sites (tertiary alicyclic amines) is 2. The van der Waals surface area contributed by atoms with E-state index in [9.17, 15) is 24.3 Å². The molecule has 4 aromatic carbocycles. The summed E-state index contributed by atoms with van der Waals surface area (Å²) in [5, 5.41) is 16.9. The Morgan fingerprint density at radius 3 is 2.40 bits per heavy atom. The lowest BCUT2D eigenvalue weighted by molar-refractivity contribution is -0.137. The van der Waals surface area contributed by atoms with Gasteiger partial charge in [0, 0.05) is 53.7 Å². The zero-order valence-electron chi connectivity index (χ0n) is 38.3. The van der Waals surface area contributed by atoms with Crippen molar-refractivity contribution >= 4 is 45.8 Å². The number of amides is 4. The van der Waals surface area contributed by atoms with Gasteiger partial charge in [-0.15, -0.1) is 0 Å². The molecule has 4 amide bonds. The number of carbonyl (C=O) groups excluding carboxylic acids is 3. The zero-order valence-corrected chi connectivity index (χ0v) is 38.3. The van der Waals surface area contributed by atoms with Crippen molar-refractivity contribution < 1.29 is 38.5 Å². The maximum Gasteiger partial charge on any atom is 0.407 e. The molecule has 4 aliphatic rings. The van der Waals surface area contributed by atoms with Crippen LogP contribution >= 0.6 is 0 Å². The highest BCUT2D eigenvalue weighted by Gasteiger charge is 2.44. The summed E-state index contributed by atoms with van der Waals surface area (Å²) in [5.41, 5.74) is 8.16. The number of methoxy groups -OCH3 is 2. The highest BCUT2D eigenvalue weighted by molar-refractivity contribution is 6.07. The second-order valence-corrected chi connectivity index (χ2v) is 18.9. The van der Waals surface area contributed by atoms with Crippen molar-refractivity contribution in [2.45, 2.75) is 95.6 Å². The van der Waals surface area contributed by atoms with E-state index in [-0.39, 0.29) is 35.7 Å². The molecule has 2 saturated heterocycles. The third-order valence-electron chi connectivity index (χ3n) is 14.0. The Hall–Kier alpha value is -6.94. The number of nitrogens with zero attached hydrogens (tertiary/aromatic N) is 4. The molecule has 5 N–H and O–H groups in total. The minimum Gasteiger partial charge on any atom is -0.488 e. The molecule has 348 valence electrons. The van der Waals surface area contributed by atoms with Crippen molar-refractivity contribution in [3.05, 3.63) is 101 Å². The van der Waals surface area contributed by atoms with Gasteiger partial charge >= 0.3 is 12.2 Å². The fourth-order valence-electron chi connectivity index (χ4n) is 10.6. The first-order valence-corrected chi connectivity index (χ1v) is 23.2. The van der Waals surface area contributed by atoms with Crippen LogP contribution in [0.4, 0.5) is 9.59 Å². The number of carbonyl (C=O) groups is 4. The lowest BCUT2D eigenvalue weighted by atomic mass is 9.92. The molecule has 16 heteroatoms. The first-order chi connectivity index (χ1) is 32.4.